The zero-order chi connectivity index (χ0) is 14.7. The second-order valence-corrected chi connectivity index (χ2v) is 4.58. The number of rotatable bonds is 4. The van der Waals surface area contributed by atoms with Gasteiger partial charge in [0, 0.05) is 30.2 Å². The molecule has 1 heterocycles. The molecule has 0 unspecified atom stereocenters. The van der Waals surface area contributed by atoms with Crippen LogP contribution in [0.15, 0.2) is 24.3 Å². The third-order valence-electron chi connectivity index (χ3n) is 3.10. The van der Waals surface area contributed by atoms with Gasteiger partial charge in [-0.05, 0) is 24.3 Å². The number of nitrogens with two attached hydrogens (primary N) is 1. The molecule has 0 bridgehead atoms. The molecule has 0 saturated heterocycles. The van der Waals surface area contributed by atoms with E-state index in [4.69, 9.17) is 5.73 Å². The van der Waals surface area contributed by atoms with E-state index in [1.807, 2.05) is 6.07 Å². The van der Waals surface area contributed by atoms with Crippen LogP contribution in [0.5, 0.6) is 0 Å². The van der Waals surface area contributed by atoms with E-state index in [2.05, 4.69) is 9.72 Å². The first-order valence-electron chi connectivity index (χ1n) is 6.22. The Hall–Kier alpha value is -2.50. The van der Waals surface area contributed by atoms with Crippen molar-refractivity contribution in [3.63, 3.8) is 0 Å². The molecule has 1 aromatic heterocycles. The van der Waals surface area contributed by atoms with Gasteiger partial charge in [-0.2, -0.15) is 0 Å². The zero-order valence-electron chi connectivity index (χ0n) is 11.5. The van der Waals surface area contributed by atoms with Crippen LogP contribution in [0.25, 0.3) is 10.9 Å². The van der Waals surface area contributed by atoms with E-state index in [-0.39, 0.29) is 18.3 Å². The first-order valence-corrected chi connectivity index (χ1v) is 6.22. The predicted molar refractivity (Wildman–Crippen MR) is 76.3 cm³/mol. The van der Waals surface area contributed by atoms with Crippen LogP contribution in [0.1, 0.15) is 16.9 Å². The normalized spacial score (nSPS) is 10.5. The van der Waals surface area contributed by atoms with Crippen LogP contribution in [-0.4, -0.2) is 42.5 Å². The molecule has 0 aliphatic rings. The molecule has 20 heavy (non-hydrogen) atoms. The first kappa shape index (κ1) is 13.9. The molecule has 1 aromatic carbocycles. The standard InChI is InChI=1S/C14H17N3O3/c1-17(6-5-13(18)20-2)14(19)12-8-9-7-10(15)3-4-11(9)16-12/h3-4,7-8,16H,5-6,15H2,1-2H3. The van der Waals surface area contributed by atoms with Crippen LogP contribution in [-0.2, 0) is 9.53 Å². The number of benzene rings is 1. The van der Waals surface area contributed by atoms with Crippen molar-refractivity contribution in [2.24, 2.45) is 0 Å². The van der Waals surface area contributed by atoms with Crippen molar-refractivity contribution >= 4 is 28.5 Å². The highest BCUT2D eigenvalue weighted by Crippen LogP contribution is 2.19. The summed E-state index contributed by atoms with van der Waals surface area (Å²) in [6.07, 6.45) is 0.173. The van der Waals surface area contributed by atoms with Gasteiger partial charge >= 0.3 is 5.97 Å². The van der Waals surface area contributed by atoms with Crippen LogP contribution in [0, 0.1) is 0 Å². The smallest absolute Gasteiger partial charge is 0.307 e. The Morgan fingerprint density at radius 3 is 2.80 bits per heavy atom. The number of aromatic amines is 1. The van der Waals surface area contributed by atoms with Gasteiger partial charge in [-0.25, -0.2) is 0 Å². The van der Waals surface area contributed by atoms with E-state index in [1.54, 1.807) is 25.2 Å². The van der Waals surface area contributed by atoms with E-state index < -0.39 is 0 Å². The Balaban J connectivity index is 2.12. The number of methoxy groups -OCH3 is 1. The summed E-state index contributed by atoms with van der Waals surface area (Å²) >= 11 is 0. The lowest BCUT2D eigenvalue weighted by atomic mass is 10.2. The van der Waals surface area contributed by atoms with Crippen LogP contribution in [0.2, 0.25) is 0 Å². The number of carbonyl (C=O) groups excluding carboxylic acids is 2. The SMILES string of the molecule is COC(=O)CCN(C)C(=O)c1cc2cc(N)ccc2[nH]1. The highest BCUT2D eigenvalue weighted by atomic mass is 16.5. The van der Waals surface area contributed by atoms with Crippen LogP contribution >= 0.6 is 0 Å². The summed E-state index contributed by atoms with van der Waals surface area (Å²) in [4.78, 5) is 27.8. The average Bonchev–Trinajstić information content (AvgIpc) is 2.86. The van der Waals surface area contributed by atoms with Crippen LogP contribution in [0.4, 0.5) is 5.69 Å². The highest BCUT2D eigenvalue weighted by molar-refractivity contribution is 5.98. The molecular weight excluding hydrogens is 258 g/mol. The molecule has 0 saturated carbocycles. The Bertz CT molecular complexity index is 648. The van der Waals surface area contributed by atoms with Crippen LogP contribution < -0.4 is 5.73 Å². The number of ether oxygens (including phenoxy) is 1. The van der Waals surface area contributed by atoms with Crippen molar-refractivity contribution in [2.75, 3.05) is 26.4 Å². The molecular formula is C14H17N3O3. The molecule has 0 radical (unpaired) electrons. The van der Waals surface area contributed by atoms with Crippen molar-refractivity contribution in [1.82, 2.24) is 9.88 Å². The van der Waals surface area contributed by atoms with E-state index in [0.29, 0.717) is 17.9 Å². The number of nitrogen functional groups attached to an aromatic ring is 1. The quantitative estimate of drug-likeness (QED) is 0.652. The van der Waals surface area contributed by atoms with Crippen molar-refractivity contribution in [1.29, 1.82) is 0 Å². The number of hydrogen-bond donors (Lipinski definition) is 2. The molecule has 6 heteroatoms. The van der Waals surface area contributed by atoms with Gasteiger partial charge < -0.3 is 20.4 Å². The Morgan fingerprint density at radius 1 is 1.35 bits per heavy atom. The third kappa shape index (κ3) is 2.90. The number of anilines is 1. The minimum atomic E-state index is -0.339. The third-order valence-corrected chi connectivity index (χ3v) is 3.10. The lowest BCUT2D eigenvalue weighted by Crippen LogP contribution is -2.29. The Morgan fingerprint density at radius 2 is 2.10 bits per heavy atom. The first-order chi connectivity index (χ1) is 9.51. The fourth-order valence-corrected chi connectivity index (χ4v) is 1.93. The van der Waals surface area contributed by atoms with Gasteiger partial charge in [-0.1, -0.05) is 0 Å². The van der Waals surface area contributed by atoms with Gasteiger partial charge in [0.2, 0.25) is 0 Å². The van der Waals surface area contributed by atoms with Crippen molar-refractivity contribution < 1.29 is 14.3 Å². The van der Waals surface area contributed by atoms with E-state index in [9.17, 15) is 9.59 Å². The molecule has 0 aliphatic heterocycles. The van der Waals surface area contributed by atoms with Crippen LogP contribution in [0.3, 0.4) is 0 Å². The second kappa shape index (κ2) is 5.64. The predicted octanol–water partition coefficient (Wildman–Crippen LogP) is 1.39. The fourth-order valence-electron chi connectivity index (χ4n) is 1.93. The van der Waals surface area contributed by atoms with E-state index >= 15 is 0 Å². The van der Waals surface area contributed by atoms with Crippen molar-refractivity contribution in [3.05, 3.63) is 30.0 Å². The molecule has 0 aliphatic carbocycles. The molecule has 6 nitrogen and oxygen atoms in total. The molecule has 0 fully saturated rings. The summed E-state index contributed by atoms with van der Waals surface area (Å²) in [6, 6.07) is 7.16. The van der Waals surface area contributed by atoms with Gasteiger partial charge in [-0.3, -0.25) is 9.59 Å². The summed E-state index contributed by atoms with van der Waals surface area (Å²) < 4.78 is 4.55. The Labute approximate surface area is 116 Å². The summed E-state index contributed by atoms with van der Waals surface area (Å²) in [5.74, 6) is -0.516. The van der Waals surface area contributed by atoms with Crippen molar-refractivity contribution in [3.8, 4) is 0 Å². The largest absolute Gasteiger partial charge is 0.469 e. The summed E-state index contributed by atoms with van der Waals surface area (Å²) in [6.45, 7) is 0.309. The molecule has 2 rings (SSSR count). The summed E-state index contributed by atoms with van der Waals surface area (Å²) in [5.41, 5.74) is 7.67. The number of nitrogens with zero attached hydrogens (tertiary/aromatic N) is 1. The second-order valence-electron chi connectivity index (χ2n) is 4.58. The average molecular weight is 275 g/mol. The molecule has 2 aromatic rings. The number of esters is 1. The number of amides is 1. The number of fused-ring (bicyclic) bond motifs is 1. The lowest BCUT2D eigenvalue weighted by Gasteiger charge is -2.15. The minimum absolute atomic E-state index is 0.173. The number of hydrogen-bond acceptors (Lipinski definition) is 4. The number of carbonyl (C=O) groups is 2. The maximum atomic E-state index is 12.2. The van der Waals surface area contributed by atoms with Gasteiger partial charge in [0.05, 0.1) is 13.5 Å². The lowest BCUT2D eigenvalue weighted by molar-refractivity contribution is -0.140. The maximum absolute atomic E-state index is 12.2. The van der Waals surface area contributed by atoms with Gasteiger partial charge in [-0.15, -0.1) is 0 Å². The van der Waals surface area contributed by atoms with Gasteiger partial charge in [0.25, 0.3) is 5.91 Å². The Kier molecular flexibility index (Phi) is 3.93. The monoisotopic (exact) mass is 275 g/mol. The molecule has 106 valence electrons. The molecule has 0 atom stereocenters. The van der Waals surface area contributed by atoms with E-state index in [1.165, 1.54) is 12.0 Å². The van der Waals surface area contributed by atoms with E-state index in [0.717, 1.165) is 10.9 Å². The highest BCUT2D eigenvalue weighted by Gasteiger charge is 2.15. The summed E-state index contributed by atoms with van der Waals surface area (Å²) in [5, 5.41) is 0.884. The molecule has 1 amide bonds. The maximum Gasteiger partial charge on any atom is 0.307 e. The molecule has 0 spiro atoms. The number of aromatic nitrogens is 1. The number of H-pyrrole nitrogens is 1. The summed E-state index contributed by atoms with van der Waals surface area (Å²) in [7, 11) is 2.97. The van der Waals surface area contributed by atoms with Gasteiger partial charge in [0.15, 0.2) is 0 Å². The number of nitrogens with one attached hydrogen (secondary N) is 1. The fraction of sp³-hybridized carbons (Fsp3) is 0.286. The molecule has 3 N–H and O–H groups in total. The van der Waals surface area contributed by atoms with Crippen molar-refractivity contribution in [2.45, 2.75) is 6.42 Å². The zero-order valence-corrected chi connectivity index (χ0v) is 11.5. The topological polar surface area (TPSA) is 88.4 Å². The van der Waals surface area contributed by atoms with Gasteiger partial charge in [0.1, 0.15) is 5.69 Å². The minimum Gasteiger partial charge on any atom is -0.469 e.